The SMILES string of the molecule is c1ccc(-c2cc(-c3ccccc3)cc(-c3cccc(-c4cccc(-c5nc(-c6cncc(-c7ccccc7)c6)c6ccccc6n5)c4)c3)c2)cc1. The van der Waals surface area contributed by atoms with E-state index in [9.17, 15) is 0 Å². The molecule has 2 heterocycles. The Bertz CT molecular complexity index is 2610. The summed E-state index contributed by atoms with van der Waals surface area (Å²) in [6.07, 6.45) is 3.80. The highest BCUT2D eigenvalue weighted by Gasteiger charge is 2.14. The van der Waals surface area contributed by atoms with Crippen LogP contribution in [-0.2, 0) is 0 Å². The predicted molar refractivity (Wildman–Crippen MR) is 215 cm³/mol. The quantitative estimate of drug-likeness (QED) is 0.170. The Balaban J connectivity index is 1.12. The largest absolute Gasteiger partial charge is 0.263 e. The van der Waals surface area contributed by atoms with E-state index in [1.165, 1.54) is 27.8 Å². The molecule has 0 unspecified atom stereocenters. The standard InChI is InChI=1S/C49H33N3/c1-4-14-34(15-5-1)41-28-42(35-16-6-2-7-17-35)30-43(29-41)39-22-12-20-37(26-39)38-21-13-23-40(27-38)49-51-47-25-11-10-24-46(47)48(52-49)45-31-44(32-50-33-45)36-18-8-3-9-19-36/h1-33H. The number of pyridine rings is 1. The molecule has 0 aliphatic rings. The minimum Gasteiger partial charge on any atom is -0.263 e. The van der Waals surface area contributed by atoms with Gasteiger partial charge in [0.2, 0.25) is 0 Å². The van der Waals surface area contributed by atoms with Crippen LogP contribution in [0.1, 0.15) is 0 Å². The maximum absolute atomic E-state index is 5.20. The van der Waals surface area contributed by atoms with Gasteiger partial charge in [0.15, 0.2) is 5.82 Å². The number of aromatic nitrogens is 3. The minimum absolute atomic E-state index is 0.680. The summed E-state index contributed by atoms with van der Waals surface area (Å²) in [6.45, 7) is 0. The molecule has 2 aromatic heterocycles. The van der Waals surface area contributed by atoms with Gasteiger partial charge in [-0.1, -0.05) is 146 Å². The second-order valence-electron chi connectivity index (χ2n) is 12.9. The molecule has 0 amide bonds. The van der Waals surface area contributed by atoms with Crippen LogP contribution in [0.3, 0.4) is 0 Å². The third-order valence-corrected chi connectivity index (χ3v) is 9.52. The van der Waals surface area contributed by atoms with Gasteiger partial charge in [0.25, 0.3) is 0 Å². The van der Waals surface area contributed by atoms with E-state index < -0.39 is 0 Å². The van der Waals surface area contributed by atoms with Crippen LogP contribution in [0, 0.1) is 0 Å². The van der Waals surface area contributed by atoms with Crippen molar-refractivity contribution in [3.8, 4) is 78.3 Å². The van der Waals surface area contributed by atoms with E-state index in [2.05, 4.69) is 163 Å². The highest BCUT2D eigenvalue weighted by molar-refractivity contribution is 5.94. The molecule has 3 heteroatoms. The molecular formula is C49H33N3. The van der Waals surface area contributed by atoms with E-state index >= 15 is 0 Å². The first-order valence-corrected chi connectivity index (χ1v) is 17.5. The van der Waals surface area contributed by atoms with Crippen molar-refractivity contribution in [3.63, 3.8) is 0 Å². The predicted octanol–water partition coefficient (Wildman–Crippen LogP) is 12.7. The fourth-order valence-electron chi connectivity index (χ4n) is 6.89. The highest BCUT2D eigenvalue weighted by Crippen LogP contribution is 2.36. The van der Waals surface area contributed by atoms with Crippen molar-refractivity contribution in [2.45, 2.75) is 0 Å². The van der Waals surface area contributed by atoms with E-state index in [1.54, 1.807) is 0 Å². The van der Waals surface area contributed by atoms with Gasteiger partial charge >= 0.3 is 0 Å². The van der Waals surface area contributed by atoms with Gasteiger partial charge < -0.3 is 0 Å². The maximum Gasteiger partial charge on any atom is 0.160 e. The summed E-state index contributed by atoms with van der Waals surface area (Å²) in [5.41, 5.74) is 15.2. The van der Waals surface area contributed by atoms with Crippen molar-refractivity contribution in [2.24, 2.45) is 0 Å². The van der Waals surface area contributed by atoms with Crippen molar-refractivity contribution in [2.75, 3.05) is 0 Å². The topological polar surface area (TPSA) is 38.7 Å². The molecule has 0 spiro atoms. The molecule has 0 fully saturated rings. The molecule has 7 aromatic carbocycles. The Kier molecular flexibility index (Phi) is 8.20. The summed E-state index contributed by atoms with van der Waals surface area (Å²) in [5.74, 6) is 0.680. The van der Waals surface area contributed by atoms with Crippen LogP contribution in [0.4, 0.5) is 0 Å². The fraction of sp³-hybridized carbons (Fsp3) is 0. The lowest BCUT2D eigenvalue weighted by Gasteiger charge is -2.13. The van der Waals surface area contributed by atoms with E-state index in [0.29, 0.717) is 5.82 Å². The van der Waals surface area contributed by atoms with Crippen LogP contribution in [0.2, 0.25) is 0 Å². The number of hydrogen-bond acceptors (Lipinski definition) is 3. The van der Waals surface area contributed by atoms with Gasteiger partial charge in [0.1, 0.15) is 0 Å². The average molecular weight is 664 g/mol. The summed E-state index contributed by atoms with van der Waals surface area (Å²) in [6, 6.07) is 66.1. The summed E-state index contributed by atoms with van der Waals surface area (Å²) in [7, 11) is 0. The van der Waals surface area contributed by atoms with Gasteiger partial charge in [0, 0.05) is 34.5 Å². The van der Waals surface area contributed by atoms with Gasteiger partial charge in [-0.3, -0.25) is 4.98 Å². The normalized spacial score (nSPS) is 11.1. The molecule has 0 aliphatic heterocycles. The van der Waals surface area contributed by atoms with Crippen LogP contribution >= 0.6 is 0 Å². The summed E-state index contributed by atoms with van der Waals surface area (Å²) < 4.78 is 0. The maximum atomic E-state index is 5.20. The van der Waals surface area contributed by atoms with Crippen molar-refractivity contribution < 1.29 is 0 Å². The molecule has 0 atom stereocenters. The van der Waals surface area contributed by atoms with Crippen LogP contribution in [-0.4, -0.2) is 15.0 Å². The van der Waals surface area contributed by atoms with Gasteiger partial charge in [-0.2, -0.15) is 0 Å². The number of rotatable bonds is 7. The first-order chi connectivity index (χ1) is 25.7. The Hall–Kier alpha value is -6.97. The number of benzene rings is 7. The molecule has 52 heavy (non-hydrogen) atoms. The van der Waals surface area contributed by atoms with Gasteiger partial charge in [-0.25, -0.2) is 9.97 Å². The summed E-state index contributed by atoms with van der Waals surface area (Å²) >= 11 is 0. The zero-order valence-corrected chi connectivity index (χ0v) is 28.4. The molecule has 0 saturated carbocycles. The molecule has 9 rings (SSSR count). The smallest absolute Gasteiger partial charge is 0.160 e. The molecule has 0 N–H and O–H groups in total. The van der Waals surface area contributed by atoms with Crippen LogP contribution in [0.25, 0.3) is 89.2 Å². The van der Waals surface area contributed by atoms with Crippen molar-refractivity contribution in [1.29, 1.82) is 0 Å². The van der Waals surface area contributed by atoms with Crippen molar-refractivity contribution in [3.05, 3.63) is 200 Å². The second kappa shape index (κ2) is 13.7. The van der Waals surface area contributed by atoms with Gasteiger partial charge in [-0.15, -0.1) is 0 Å². The Morgan fingerprint density at radius 3 is 1.29 bits per heavy atom. The minimum atomic E-state index is 0.680. The number of fused-ring (bicyclic) bond motifs is 1. The van der Waals surface area contributed by atoms with E-state index in [0.717, 1.165) is 55.5 Å². The van der Waals surface area contributed by atoms with Gasteiger partial charge in [-0.05, 0) is 92.5 Å². The van der Waals surface area contributed by atoms with E-state index in [1.807, 2.05) is 42.7 Å². The summed E-state index contributed by atoms with van der Waals surface area (Å²) in [5, 5.41) is 0.995. The van der Waals surface area contributed by atoms with Crippen LogP contribution in [0.15, 0.2) is 200 Å². The second-order valence-corrected chi connectivity index (χ2v) is 12.9. The zero-order chi connectivity index (χ0) is 34.7. The molecule has 0 bridgehead atoms. The van der Waals surface area contributed by atoms with Crippen LogP contribution < -0.4 is 0 Å². The van der Waals surface area contributed by atoms with Crippen molar-refractivity contribution in [1.82, 2.24) is 15.0 Å². The number of hydrogen-bond donors (Lipinski definition) is 0. The van der Waals surface area contributed by atoms with Crippen molar-refractivity contribution >= 4 is 10.9 Å². The van der Waals surface area contributed by atoms with E-state index in [4.69, 9.17) is 9.97 Å². The molecule has 244 valence electrons. The molecular weight excluding hydrogens is 631 g/mol. The average Bonchev–Trinajstić information content (AvgIpc) is 3.24. The molecule has 3 nitrogen and oxygen atoms in total. The Labute approximate surface area is 303 Å². The zero-order valence-electron chi connectivity index (χ0n) is 28.4. The lowest BCUT2D eigenvalue weighted by Crippen LogP contribution is -1.96. The molecule has 0 aliphatic carbocycles. The molecule has 0 radical (unpaired) electrons. The fourth-order valence-corrected chi connectivity index (χ4v) is 6.89. The lowest BCUT2D eigenvalue weighted by atomic mass is 9.92. The third-order valence-electron chi connectivity index (χ3n) is 9.52. The van der Waals surface area contributed by atoms with E-state index in [-0.39, 0.29) is 0 Å². The van der Waals surface area contributed by atoms with Crippen LogP contribution in [0.5, 0.6) is 0 Å². The Morgan fingerprint density at radius 2 is 0.673 bits per heavy atom. The molecule has 9 aromatic rings. The first-order valence-electron chi connectivity index (χ1n) is 17.5. The number of para-hydroxylation sites is 1. The first kappa shape index (κ1) is 31.0. The summed E-state index contributed by atoms with van der Waals surface area (Å²) in [4.78, 5) is 14.9. The van der Waals surface area contributed by atoms with Gasteiger partial charge in [0.05, 0.1) is 11.2 Å². The number of nitrogens with zero attached hydrogens (tertiary/aromatic N) is 3. The highest BCUT2D eigenvalue weighted by atomic mass is 14.9. The monoisotopic (exact) mass is 663 g/mol. The molecule has 0 saturated heterocycles. The lowest BCUT2D eigenvalue weighted by molar-refractivity contribution is 1.22. The Morgan fingerprint density at radius 1 is 0.269 bits per heavy atom. The third kappa shape index (κ3) is 6.28.